The summed E-state index contributed by atoms with van der Waals surface area (Å²) < 4.78 is 10.6. The van der Waals surface area contributed by atoms with Gasteiger partial charge in [-0.05, 0) is 33.6 Å². The number of aliphatic carboxylic acids is 1. The molecule has 6 nitrogen and oxygen atoms in total. The average molecular weight is 257 g/mol. The van der Waals surface area contributed by atoms with Crippen LogP contribution >= 0.6 is 0 Å². The second-order valence-corrected chi connectivity index (χ2v) is 6.27. The van der Waals surface area contributed by atoms with Crippen LogP contribution in [0.4, 0.5) is 4.79 Å². The van der Waals surface area contributed by atoms with Gasteiger partial charge < -0.3 is 19.9 Å². The molecule has 2 N–H and O–H groups in total. The molecule has 18 heavy (non-hydrogen) atoms. The lowest BCUT2D eigenvalue weighted by Crippen LogP contribution is -2.54. The number of rotatable bonds is 3. The van der Waals surface area contributed by atoms with E-state index in [4.69, 9.17) is 14.6 Å². The number of carbonyl (C=O) groups is 2. The fourth-order valence-electron chi connectivity index (χ4n) is 2.61. The maximum atomic E-state index is 11.5. The van der Waals surface area contributed by atoms with Gasteiger partial charge >= 0.3 is 12.1 Å². The third-order valence-corrected chi connectivity index (χ3v) is 3.38. The predicted octanol–water partition coefficient (Wildman–Crippen LogP) is 1.14. The first-order chi connectivity index (χ1) is 8.17. The Bertz CT molecular complexity index is 378. The van der Waals surface area contributed by atoms with Crippen molar-refractivity contribution in [2.45, 2.75) is 44.8 Å². The first-order valence-corrected chi connectivity index (χ1v) is 6.01. The Balaban J connectivity index is 1.80. The zero-order valence-electron chi connectivity index (χ0n) is 10.9. The molecule has 0 radical (unpaired) electrons. The number of hydrogen-bond donors (Lipinski definition) is 2. The van der Waals surface area contributed by atoms with Gasteiger partial charge in [0, 0.05) is 6.54 Å². The maximum Gasteiger partial charge on any atom is 0.407 e. The molecular weight excluding hydrogens is 238 g/mol. The number of amides is 1. The molecule has 1 aliphatic carbocycles. The fraction of sp³-hybridized carbons (Fsp3) is 0.833. The summed E-state index contributed by atoms with van der Waals surface area (Å²) in [6.45, 7) is 5.90. The Kier molecular flexibility index (Phi) is 2.81. The minimum Gasteiger partial charge on any atom is -0.481 e. The van der Waals surface area contributed by atoms with Gasteiger partial charge in [0.2, 0.25) is 0 Å². The van der Waals surface area contributed by atoms with Crippen LogP contribution in [-0.4, -0.2) is 41.5 Å². The normalized spacial score (nSPS) is 33.7. The van der Waals surface area contributed by atoms with Crippen LogP contribution in [0.2, 0.25) is 0 Å². The molecule has 102 valence electrons. The van der Waals surface area contributed by atoms with E-state index in [-0.39, 0.29) is 6.61 Å². The van der Waals surface area contributed by atoms with Crippen molar-refractivity contribution in [1.82, 2.24) is 5.32 Å². The van der Waals surface area contributed by atoms with E-state index < -0.39 is 28.7 Å². The molecule has 0 aromatic heterocycles. The summed E-state index contributed by atoms with van der Waals surface area (Å²) in [6.07, 6.45) is 0.427. The monoisotopic (exact) mass is 257 g/mol. The van der Waals surface area contributed by atoms with Gasteiger partial charge in [-0.25, -0.2) is 4.79 Å². The largest absolute Gasteiger partial charge is 0.481 e. The van der Waals surface area contributed by atoms with Gasteiger partial charge in [0.25, 0.3) is 0 Å². The Morgan fingerprint density at radius 2 is 2.00 bits per heavy atom. The van der Waals surface area contributed by atoms with Crippen molar-refractivity contribution in [3.05, 3.63) is 0 Å². The second-order valence-electron chi connectivity index (χ2n) is 6.27. The van der Waals surface area contributed by atoms with Gasteiger partial charge in [0.1, 0.15) is 5.60 Å². The van der Waals surface area contributed by atoms with Crippen molar-refractivity contribution in [2.24, 2.45) is 5.41 Å². The zero-order chi connectivity index (χ0) is 13.6. The minimum atomic E-state index is -0.812. The van der Waals surface area contributed by atoms with Gasteiger partial charge in [-0.15, -0.1) is 0 Å². The van der Waals surface area contributed by atoms with E-state index >= 15 is 0 Å². The number of fused-ring (bicyclic) bond motifs is 1. The van der Waals surface area contributed by atoms with Crippen molar-refractivity contribution >= 4 is 12.1 Å². The summed E-state index contributed by atoms with van der Waals surface area (Å²) in [5, 5.41) is 11.7. The summed E-state index contributed by atoms with van der Waals surface area (Å²) in [5.41, 5.74) is -1.77. The van der Waals surface area contributed by atoms with E-state index in [1.807, 2.05) is 0 Å². The van der Waals surface area contributed by atoms with Crippen LogP contribution in [-0.2, 0) is 14.3 Å². The highest BCUT2D eigenvalue weighted by molar-refractivity contribution is 5.78. The molecule has 3 aliphatic rings. The molecule has 3 rings (SSSR count). The number of alkyl carbamates (subject to hydrolysis) is 1. The average Bonchev–Trinajstić information content (AvgIpc) is 2.66. The molecule has 2 aliphatic heterocycles. The van der Waals surface area contributed by atoms with Gasteiger partial charge in [-0.2, -0.15) is 0 Å². The number of carboxylic acid groups (broad SMARTS) is 1. The lowest BCUT2D eigenvalue weighted by molar-refractivity contribution is -0.153. The summed E-state index contributed by atoms with van der Waals surface area (Å²) in [4.78, 5) is 22.5. The van der Waals surface area contributed by atoms with Gasteiger partial charge in [-0.3, -0.25) is 4.79 Å². The molecular formula is C12H19NO5. The molecule has 0 aromatic rings. The van der Waals surface area contributed by atoms with E-state index in [1.165, 1.54) is 0 Å². The number of carbonyl (C=O) groups excluding carboxylic acids is 1. The summed E-state index contributed by atoms with van der Waals surface area (Å²) in [5.74, 6) is -0.812. The number of ether oxygens (including phenoxy) is 2. The maximum absolute atomic E-state index is 11.5. The van der Waals surface area contributed by atoms with Gasteiger partial charge in [0.15, 0.2) is 0 Å². The molecule has 0 aromatic carbocycles. The third kappa shape index (κ3) is 2.29. The molecule has 2 saturated heterocycles. The summed E-state index contributed by atoms with van der Waals surface area (Å²) >= 11 is 0. The molecule has 1 amide bonds. The molecule has 2 heterocycles. The van der Waals surface area contributed by atoms with Crippen LogP contribution in [0, 0.1) is 5.41 Å². The molecule has 0 spiro atoms. The first-order valence-electron chi connectivity index (χ1n) is 6.01. The summed E-state index contributed by atoms with van der Waals surface area (Å²) in [6, 6.07) is 0. The smallest absolute Gasteiger partial charge is 0.407 e. The predicted molar refractivity (Wildman–Crippen MR) is 62.2 cm³/mol. The Morgan fingerprint density at radius 1 is 1.39 bits per heavy atom. The Labute approximate surface area is 106 Å². The van der Waals surface area contributed by atoms with Crippen molar-refractivity contribution < 1.29 is 24.2 Å². The molecule has 0 unspecified atom stereocenters. The third-order valence-electron chi connectivity index (χ3n) is 3.38. The topological polar surface area (TPSA) is 84.9 Å². The lowest BCUT2D eigenvalue weighted by atomic mass is 9.62. The molecule has 6 heteroatoms. The van der Waals surface area contributed by atoms with E-state index in [0.717, 1.165) is 0 Å². The van der Waals surface area contributed by atoms with Crippen molar-refractivity contribution in [3.8, 4) is 0 Å². The molecule has 2 bridgehead atoms. The van der Waals surface area contributed by atoms with E-state index in [0.29, 0.717) is 19.4 Å². The van der Waals surface area contributed by atoms with Gasteiger partial charge in [-0.1, -0.05) is 0 Å². The first kappa shape index (κ1) is 13.1. The van der Waals surface area contributed by atoms with Crippen LogP contribution in [0.3, 0.4) is 0 Å². The molecule has 0 atom stereocenters. The lowest BCUT2D eigenvalue weighted by Gasteiger charge is -2.41. The summed E-state index contributed by atoms with van der Waals surface area (Å²) in [7, 11) is 0. The van der Waals surface area contributed by atoms with Gasteiger partial charge in [0.05, 0.1) is 17.6 Å². The second kappa shape index (κ2) is 3.85. The van der Waals surface area contributed by atoms with Crippen molar-refractivity contribution in [1.29, 1.82) is 0 Å². The Hall–Kier alpha value is -1.30. The van der Waals surface area contributed by atoms with Crippen molar-refractivity contribution in [2.75, 3.05) is 13.2 Å². The highest BCUT2D eigenvalue weighted by Gasteiger charge is 2.66. The van der Waals surface area contributed by atoms with Crippen molar-refractivity contribution in [3.63, 3.8) is 0 Å². The van der Waals surface area contributed by atoms with E-state index in [2.05, 4.69) is 5.32 Å². The quantitative estimate of drug-likeness (QED) is 0.792. The SMILES string of the molecule is CC(C)(C)OC(=O)NCC12CC(C(=O)O)(CO1)C2. The van der Waals surface area contributed by atoms with Crippen LogP contribution in [0.5, 0.6) is 0 Å². The molecule has 1 saturated carbocycles. The standard InChI is InChI=1S/C12H19NO5/c1-10(2,3)18-9(16)13-6-12-4-11(5-12,7-17-12)8(14)15/h4-7H2,1-3H3,(H,13,16)(H,14,15). The number of nitrogens with one attached hydrogen (secondary N) is 1. The van der Waals surface area contributed by atoms with Crippen LogP contribution in [0.25, 0.3) is 0 Å². The number of carboxylic acids is 1. The van der Waals surface area contributed by atoms with E-state index in [9.17, 15) is 9.59 Å². The zero-order valence-corrected chi connectivity index (χ0v) is 10.9. The fourth-order valence-corrected chi connectivity index (χ4v) is 2.61. The molecule has 3 fully saturated rings. The van der Waals surface area contributed by atoms with Crippen LogP contribution in [0.15, 0.2) is 0 Å². The minimum absolute atomic E-state index is 0.234. The number of hydrogen-bond acceptors (Lipinski definition) is 4. The van der Waals surface area contributed by atoms with E-state index in [1.54, 1.807) is 20.8 Å². The van der Waals surface area contributed by atoms with Crippen LogP contribution in [0.1, 0.15) is 33.6 Å². The Morgan fingerprint density at radius 3 is 2.44 bits per heavy atom. The van der Waals surface area contributed by atoms with Crippen LogP contribution < -0.4 is 5.32 Å². The highest BCUT2D eigenvalue weighted by Crippen LogP contribution is 2.57. The highest BCUT2D eigenvalue weighted by atomic mass is 16.6.